The van der Waals surface area contributed by atoms with Gasteiger partial charge in [0.1, 0.15) is 0 Å². The van der Waals surface area contributed by atoms with Crippen LogP contribution in [-0.2, 0) is 5.41 Å². The number of hydrogen-bond acceptors (Lipinski definition) is 4. The first kappa shape index (κ1) is 40.3. The van der Waals surface area contributed by atoms with Gasteiger partial charge < -0.3 is 20.4 Å². The lowest BCUT2D eigenvalue weighted by molar-refractivity contribution is -0.288. The summed E-state index contributed by atoms with van der Waals surface area (Å²) in [4.78, 5) is 4.14. The highest BCUT2D eigenvalue weighted by atomic mass is 19.4. The third kappa shape index (κ3) is 8.38. The molecule has 61 heavy (non-hydrogen) atoms. The third-order valence-corrected chi connectivity index (χ3v) is 10.4. The van der Waals surface area contributed by atoms with Gasteiger partial charge in [-0.1, -0.05) is 97.1 Å². The predicted molar refractivity (Wildman–Crippen MR) is 235 cm³/mol. The molecule has 8 rings (SSSR count). The van der Waals surface area contributed by atoms with Crippen LogP contribution in [0.4, 0.5) is 83.2 Å². The van der Waals surface area contributed by atoms with Crippen molar-refractivity contribution in [2.45, 2.75) is 17.8 Å². The number of para-hydroxylation sites is 4. The van der Waals surface area contributed by atoms with E-state index in [0.29, 0.717) is 22.7 Å². The number of rotatable bonds is 12. The van der Waals surface area contributed by atoms with Crippen molar-refractivity contribution in [1.29, 1.82) is 0 Å². The Morgan fingerprint density at radius 1 is 0.262 bits per heavy atom. The normalized spacial score (nSPS) is 11.8. The Morgan fingerprint density at radius 3 is 0.705 bits per heavy atom. The van der Waals surface area contributed by atoms with E-state index in [4.69, 9.17) is 0 Å². The molecule has 0 aliphatic carbocycles. The molecule has 0 aliphatic heterocycles. The summed E-state index contributed by atoms with van der Waals surface area (Å²) in [5.41, 5.74) is 1.09. The van der Waals surface area contributed by atoms with E-state index in [-0.39, 0.29) is 0 Å². The topological polar surface area (TPSA) is 30.5 Å². The molecule has 0 spiro atoms. The standard InChI is InChI=1S/C51H38F6N4/c52-50(53,54)49(51(55,56)57,37-21-25-39(26-22-37)58-41-29-33-47(34-30-41)60(43-13-5-1-6-14-43)44-15-7-2-8-16-44)38-23-27-40(28-24-38)59-42-31-35-48(36-32-42)61(45-17-9-3-10-18-45)46-19-11-4-12-20-46/h1-36,58-59H. The van der Waals surface area contributed by atoms with Crippen LogP contribution in [0.5, 0.6) is 0 Å². The van der Waals surface area contributed by atoms with Gasteiger partial charge in [0.2, 0.25) is 5.41 Å². The largest absolute Gasteiger partial charge is 0.411 e. The lowest BCUT2D eigenvalue weighted by Gasteiger charge is -2.38. The van der Waals surface area contributed by atoms with Crippen LogP contribution in [0, 0.1) is 0 Å². The van der Waals surface area contributed by atoms with Crippen molar-refractivity contribution < 1.29 is 26.3 Å². The zero-order valence-electron chi connectivity index (χ0n) is 32.4. The second-order valence-corrected chi connectivity index (χ2v) is 14.3. The zero-order chi connectivity index (χ0) is 42.5. The second-order valence-electron chi connectivity index (χ2n) is 14.3. The summed E-state index contributed by atoms with van der Waals surface area (Å²) in [6, 6.07) is 62.3. The summed E-state index contributed by atoms with van der Waals surface area (Å²) in [5, 5.41) is 6.22. The van der Waals surface area contributed by atoms with E-state index in [1.54, 1.807) is 24.3 Å². The van der Waals surface area contributed by atoms with Crippen LogP contribution in [-0.4, -0.2) is 12.4 Å². The van der Waals surface area contributed by atoms with E-state index >= 15 is 26.3 Å². The quantitative estimate of drug-likeness (QED) is 0.120. The predicted octanol–water partition coefficient (Wildman–Crippen LogP) is 15.5. The molecule has 0 saturated heterocycles. The first-order chi connectivity index (χ1) is 29.5. The smallest absolute Gasteiger partial charge is 0.356 e. The molecule has 0 bridgehead atoms. The van der Waals surface area contributed by atoms with Crippen molar-refractivity contribution in [3.8, 4) is 0 Å². The molecule has 4 nitrogen and oxygen atoms in total. The molecular weight excluding hydrogens is 783 g/mol. The van der Waals surface area contributed by atoms with Gasteiger partial charge in [0.25, 0.3) is 0 Å². The molecule has 0 unspecified atom stereocenters. The van der Waals surface area contributed by atoms with Crippen LogP contribution in [0.15, 0.2) is 218 Å². The summed E-state index contributed by atoms with van der Waals surface area (Å²) >= 11 is 0. The summed E-state index contributed by atoms with van der Waals surface area (Å²) in [6.07, 6.45) is -11.5. The van der Waals surface area contributed by atoms with Crippen molar-refractivity contribution in [2.24, 2.45) is 0 Å². The van der Waals surface area contributed by atoms with Gasteiger partial charge in [0.15, 0.2) is 0 Å². The molecule has 0 atom stereocenters. The monoisotopic (exact) mass is 820 g/mol. The van der Waals surface area contributed by atoms with Gasteiger partial charge in [-0.2, -0.15) is 26.3 Å². The summed E-state index contributed by atoms with van der Waals surface area (Å²) in [6.45, 7) is 0. The molecule has 2 N–H and O–H groups in total. The van der Waals surface area contributed by atoms with Crippen molar-refractivity contribution >= 4 is 56.9 Å². The number of benzene rings is 8. The summed E-state index contributed by atoms with van der Waals surface area (Å²) < 4.78 is 90.4. The number of hydrogen-bond donors (Lipinski definition) is 2. The first-order valence-corrected chi connectivity index (χ1v) is 19.4. The van der Waals surface area contributed by atoms with Crippen LogP contribution in [0.3, 0.4) is 0 Å². The van der Waals surface area contributed by atoms with Gasteiger partial charge in [-0.3, -0.25) is 0 Å². The molecule has 0 saturated carbocycles. The van der Waals surface area contributed by atoms with Crippen molar-refractivity contribution in [1.82, 2.24) is 0 Å². The molecule has 8 aromatic rings. The van der Waals surface area contributed by atoms with Gasteiger partial charge in [-0.05, 0) is 132 Å². The Morgan fingerprint density at radius 2 is 0.475 bits per heavy atom. The third-order valence-electron chi connectivity index (χ3n) is 10.4. The average molecular weight is 821 g/mol. The minimum absolute atomic E-state index is 0.318. The maximum atomic E-state index is 15.1. The highest BCUT2D eigenvalue weighted by Crippen LogP contribution is 2.56. The van der Waals surface area contributed by atoms with E-state index < -0.39 is 28.9 Å². The molecule has 0 heterocycles. The lowest BCUT2D eigenvalue weighted by Crippen LogP contribution is -2.54. The molecule has 304 valence electrons. The van der Waals surface area contributed by atoms with Crippen LogP contribution in [0.1, 0.15) is 11.1 Å². The number of alkyl halides is 6. The number of nitrogens with zero attached hydrogens (tertiary/aromatic N) is 2. The first-order valence-electron chi connectivity index (χ1n) is 19.4. The van der Waals surface area contributed by atoms with Gasteiger partial charge >= 0.3 is 12.4 Å². The molecule has 0 radical (unpaired) electrons. The van der Waals surface area contributed by atoms with Gasteiger partial charge in [-0.25, -0.2) is 0 Å². The van der Waals surface area contributed by atoms with Gasteiger partial charge in [0.05, 0.1) is 0 Å². The highest BCUT2D eigenvalue weighted by molar-refractivity contribution is 5.79. The van der Waals surface area contributed by atoms with Gasteiger partial charge in [0, 0.05) is 56.9 Å². The fraction of sp³-hybridized carbons (Fsp3) is 0.0588. The highest BCUT2D eigenvalue weighted by Gasteiger charge is 2.72. The fourth-order valence-corrected chi connectivity index (χ4v) is 7.51. The van der Waals surface area contributed by atoms with E-state index in [9.17, 15) is 0 Å². The second kappa shape index (κ2) is 17.0. The van der Waals surface area contributed by atoms with Crippen molar-refractivity contribution in [3.05, 3.63) is 230 Å². The van der Waals surface area contributed by atoms with E-state index in [0.717, 1.165) is 58.4 Å². The molecule has 0 fully saturated rings. The molecule has 0 aromatic heterocycles. The molecule has 0 aliphatic rings. The minimum Gasteiger partial charge on any atom is -0.356 e. The Labute approximate surface area is 350 Å². The van der Waals surface area contributed by atoms with Crippen LogP contribution < -0.4 is 20.4 Å². The number of nitrogens with one attached hydrogen (secondary N) is 2. The fourth-order valence-electron chi connectivity index (χ4n) is 7.51. The van der Waals surface area contributed by atoms with E-state index in [1.807, 2.05) is 146 Å². The molecular formula is C51H38F6N4. The Bertz CT molecular complexity index is 2350. The van der Waals surface area contributed by atoms with E-state index in [2.05, 4.69) is 20.4 Å². The number of halogens is 6. The molecule has 10 heteroatoms. The molecule has 0 amide bonds. The maximum Gasteiger partial charge on any atom is 0.411 e. The zero-order valence-corrected chi connectivity index (χ0v) is 32.4. The Balaban J connectivity index is 1.02. The van der Waals surface area contributed by atoms with Crippen molar-refractivity contribution in [2.75, 3.05) is 20.4 Å². The van der Waals surface area contributed by atoms with Gasteiger partial charge in [-0.15, -0.1) is 0 Å². The van der Waals surface area contributed by atoms with E-state index in [1.165, 1.54) is 24.3 Å². The number of anilines is 10. The maximum absolute atomic E-state index is 15.1. The summed E-state index contributed by atoms with van der Waals surface area (Å²) in [7, 11) is 0. The van der Waals surface area contributed by atoms with Crippen LogP contribution >= 0.6 is 0 Å². The molecule has 8 aromatic carbocycles. The van der Waals surface area contributed by atoms with Crippen LogP contribution in [0.2, 0.25) is 0 Å². The Kier molecular flexibility index (Phi) is 11.3. The Hall–Kier alpha value is -7.46. The summed E-state index contributed by atoms with van der Waals surface area (Å²) in [5.74, 6) is 0. The lowest BCUT2D eigenvalue weighted by atomic mass is 9.73. The SMILES string of the molecule is FC(F)(F)C(c1ccc(Nc2ccc(N(c3ccccc3)c3ccccc3)cc2)cc1)(c1ccc(Nc2ccc(N(c3ccccc3)c3ccccc3)cc2)cc1)C(F)(F)F. The van der Waals surface area contributed by atoms with Crippen LogP contribution in [0.25, 0.3) is 0 Å². The average Bonchev–Trinajstić information content (AvgIpc) is 3.27. The minimum atomic E-state index is -5.73. The van der Waals surface area contributed by atoms with Crippen molar-refractivity contribution in [3.63, 3.8) is 0 Å².